The lowest BCUT2D eigenvalue weighted by molar-refractivity contribution is -0.138. The van der Waals surface area contributed by atoms with Crippen LogP contribution >= 0.6 is 0 Å². The zero-order valence-electron chi connectivity index (χ0n) is 17.2. The van der Waals surface area contributed by atoms with Gasteiger partial charge in [0.15, 0.2) is 0 Å². The number of rotatable bonds is 6. The van der Waals surface area contributed by atoms with Gasteiger partial charge >= 0.3 is 0 Å². The van der Waals surface area contributed by atoms with E-state index in [1.54, 1.807) is 24.3 Å². The molecule has 0 radical (unpaired) electrons. The summed E-state index contributed by atoms with van der Waals surface area (Å²) < 4.78 is 0. The Labute approximate surface area is 172 Å². The van der Waals surface area contributed by atoms with Gasteiger partial charge in [0.2, 0.25) is 11.8 Å². The van der Waals surface area contributed by atoms with Crippen LogP contribution in [-0.4, -0.2) is 73.8 Å². The third kappa shape index (κ3) is 6.29. The number of carbonyl (C=O) groups excluding carboxylic acids is 3. The van der Waals surface area contributed by atoms with Crippen molar-refractivity contribution in [1.29, 1.82) is 0 Å². The number of benzene rings is 1. The lowest BCUT2D eigenvalue weighted by Crippen LogP contribution is -2.49. The summed E-state index contributed by atoms with van der Waals surface area (Å²) in [6.45, 7) is 4.16. The van der Waals surface area contributed by atoms with E-state index >= 15 is 0 Å². The van der Waals surface area contributed by atoms with E-state index in [0.717, 1.165) is 51.9 Å². The fourth-order valence-corrected chi connectivity index (χ4v) is 4.07. The van der Waals surface area contributed by atoms with E-state index in [1.807, 2.05) is 11.0 Å². The molecule has 3 amide bonds. The molecule has 1 heterocycles. The molecule has 1 aliphatic heterocycles. The standard InChI is InChI=1S/C22H32N4O3/c1-25-11-13-26(14-12-25)22(29)19-9-7-17(8-10-19)15-23-20(27)16-24-21(28)18-5-3-2-4-6-18/h2-6,17,19H,7-16H2,1H3,(H,23,27)(H,24,28). The van der Waals surface area contributed by atoms with Crippen LogP contribution in [-0.2, 0) is 9.59 Å². The van der Waals surface area contributed by atoms with Crippen LogP contribution in [0.25, 0.3) is 0 Å². The second-order valence-electron chi connectivity index (χ2n) is 8.20. The molecule has 1 saturated heterocycles. The zero-order chi connectivity index (χ0) is 20.6. The van der Waals surface area contributed by atoms with E-state index in [2.05, 4.69) is 22.6 Å². The third-order valence-corrected chi connectivity index (χ3v) is 6.04. The SMILES string of the molecule is CN1CCN(C(=O)C2CCC(CNC(=O)CNC(=O)c3ccccc3)CC2)CC1. The predicted molar refractivity (Wildman–Crippen MR) is 111 cm³/mol. The van der Waals surface area contributed by atoms with Crippen LogP contribution in [0.5, 0.6) is 0 Å². The molecule has 7 nitrogen and oxygen atoms in total. The maximum Gasteiger partial charge on any atom is 0.251 e. The molecule has 0 bridgehead atoms. The highest BCUT2D eigenvalue weighted by Crippen LogP contribution is 2.30. The monoisotopic (exact) mass is 400 g/mol. The average molecular weight is 401 g/mol. The molecule has 1 aromatic rings. The summed E-state index contributed by atoms with van der Waals surface area (Å²) in [4.78, 5) is 41.0. The molecule has 158 valence electrons. The van der Waals surface area contributed by atoms with Gasteiger partial charge < -0.3 is 20.4 Å². The molecule has 1 aromatic carbocycles. The van der Waals surface area contributed by atoms with E-state index in [9.17, 15) is 14.4 Å². The van der Waals surface area contributed by atoms with Gasteiger partial charge in [-0.3, -0.25) is 14.4 Å². The third-order valence-electron chi connectivity index (χ3n) is 6.04. The topological polar surface area (TPSA) is 81.8 Å². The van der Waals surface area contributed by atoms with Crippen molar-refractivity contribution in [3.63, 3.8) is 0 Å². The molecule has 0 spiro atoms. The van der Waals surface area contributed by atoms with Gasteiger partial charge in [-0.2, -0.15) is 0 Å². The lowest BCUT2D eigenvalue weighted by Gasteiger charge is -2.36. The Balaban J connectivity index is 1.32. The summed E-state index contributed by atoms with van der Waals surface area (Å²) >= 11 is 0. The summed E-state index contributed by atoms with van der Waals surface area (Å²) in [7, 11) is 2.09. The number of amides is 3. The van der Waals surface area contributed by atoms with E-state index < -0.39 is 0 Å². The highest BCUT2D eigenvalue weighted by atomic mass is 16.2. The van der Waals surface area contributed by atoms with Gasteiger partial charge in [0, 0.05) is 44.2 Å². The molecule has 3 rings (SSSR count). The molecule has 1 saturated carbocycles. The van der Waals surface area contributed by atoms with Crippen molar-refractivity contribution >= 4 is 17.7 Å². The Morgan fingerprint density at radius 1 is 0.931 bits per heavy atom. The normalized spacial score (nSPS) is 22.7. The smallest absolute Gasteiger partial charge is 0.251 e. The minimum atomic E-state index is -0.247. The highest BCUT2D eigenvalue weighted by molar-refractivity contribution is 5.96. The van der Waals surface area contributed by atoms with Crippen LogP contribution in [0.2, 0.25) is 0 Å². The summed E-state index contributed by atoms with van der Waals surface area (Å²) in [6, 6.07) is 8.86. The fraction of sp³-hybridized carbons (Fsp3) is 0.591. The van der Waals surface area contributed by atoms with Gasteiger partial charge in [0.05, 0.1) is 6.54 Å². The largest absolute Gasteiger partial charge is 0.354 e. The van der Waals surface area contributed by atoms with Crippen LogP contribution in [0.4, 0.5) is 0 Å². The molecule has 0 unspecified atom stereocenters. The minimum absolute atomic E-state index is 0.0229. The Morgan fingerprint density at radius 2 is 1.59 bits per heavy atom. The van der Waals surface area contributed by atoms with Crippen LogP contribution in [0.1, 0.15) is 36.0 Å². The number of nitrogens with zero attached hydrogens (tertiary/aromatic N) is 2. The first-order valence-electron chi connectivity index (χ1n) is 10.6. The Bertz CT molecular complexity index is 693. The van der Waals surface area contributed by atoms with Gasteiger partial charge in [-0.1, -0.05) is 18.2 Å². The number of likely N-dealkylation sites (N-methyl/N-ethyl adjacent to an activating group) is 1. The second kappa shape index (κ2) is 10.4. The molecular weight excluding hydrogens is 368 g/mol. The van der Waals surface area contributed by atoms with Gasteiger partial charge in [0.25, 0.3) is 5.91 Å². The molecule has 7 heteroatoms. The maximum atomic E-state index is 12.7. The number of piperazine rings is 1. The summed E-state index contributed by atoms with van der Waals surface area (Å²) in [6.07, 6.45) is 3.72. The number of hydrogen-bond acceptors (Lipinski definition) is 4. The molecular formula is C22H32N4O3. The van der Waals surface area contributed by atoms with Crippen molar-refractivity contribution in [2.75, 3.05) is 46.3 Å². The van der Waals surface area contributed by atoms with E-state index in [0.29, 0.717) is 23.9 Å². The van der Waals surface area contributed by atoms with Gasteiger partial charge in [-0.15, -0.1) is 0 Å². The summed E-state index contributed by atoms with van der Waals surface area (Å²) in [5.74, 6) is 0.425. The van der Waals surface area contributed by atoms with Crippen LogP contribution < -0.4 is 10.6 Å². The van der Waals surface area contributed by atoms with E-state index in [4.69, 9.17) is 0 Å². The van der Waals surface area contributed by atoms with Crippen molar-refractivity contribution in [1.82, 2.24) is 20.4 Å². The Hall–Kier alpha value is -2.41. The van der Waals surface area contributed by atoms with Crippen molar-refractivity contribution in [3.8, 4) is 0 Å². The van der Waals surface area contributed by atoms with Crippen molar-refractivity contribution in [3.05, 3.63) is 35.9 Å². The minimum Gasteiger partial charge on any atom is -0.354 e. The molecule has 0 aromatic heterocycles. The number of hydrogen-bond donors (Lipinski definition) is 2. The maximum absolute atomic E-state index is 12.7. The first kappa shape index (κ1) is 21.3. The molecule has 0 atom stereocenters. The lowest BCUT2D eigenvalue weighted by atomic mass is 9.81. The fourth-order valence-electron chi connectivity index (χ4n) is 4.07. The highest BCUT2D eigenvalue weighted by Gasteiger charge is 2.30. The average Bonchev–Trinajstić information content (AvgIpc) is 2.77. The van der Waals surface area contributed by atoms with E-state index in [-0.39, 0.29) is 24.3 Å². The van der Waals surface area contributed by atoms with Crippen LogP contribution in [0.3, 0.4) is 0 Å². The first-order chi connectivity index (χ1) is 14.0. The Kier molecular flexibility index (Phi) is 7.63. The molecule has 2 aliphatic rings. The van der Waals surface area contributed by atoms with Crippen molar-refractivity contribution < 1.29 is 14.4 Å². The molecule has 29 heavy (non-hydrogen) atoms. The molecule has 1 aliphatic carbocycles. The van der Waals surface area contributed by atoms with E-state index in [1.165, 1.54) is 0 Å². The number of nitrogens with one attached hydrogen (secondary N) is 2. The second-order valence-corrected chi connectivity index (χ2v) is 8.20. The summed E-state index contributed by atoms with van der Waals surface area (Å²) in [5, 5.41) is 5.56. The van der Waals surface area contributed by atoms with Crippen molar-refractivity contribution in [2.24, 2.45) is 11.8 Å². The predicted octanol–water partition coefficient (Wildman–Crippen LogP) is 1.11. The quantitative estimate of drug-likeness (QED) is 0.750. The molecule has 2 N–H and O–H groups in total. The van der Waals surface area contributed by atoms with Crippen LogP contribution in [0, 0.1) is 11.8 Å². The van der Waals surface area contributed by atoms with Gasteiger partial charge in [-0.25, -0.2) is 0 Å². The van der Waals surface area contributed by atoms with Gasteiger partial charge in [-0.05, 0) is 50.8 Å². The Morgan fingerprint density at radius 3 is 2.24 bits per heavy atom. The van der Waals surface area contributed by atoms with Gasteiger partial charge in [0.1, 0.15) is 0 Å². The van der Waals surface area contributed by atoms with Crippen LogP contribution in [0.15, 0.2) is 30.3 Å². The van der Waals surface area contributed by atoms with Crippen molar-refractivity contribution in [2.45, 2.75) is 25.7 Å². The first-order valence-corrected chi connectivity index (χ1v) is 10.6. The summed E-state index contributed by atoms with van der Waals surface area (Å²) in [5.41, 5.74) is 0.545. The molecule has 2 fully saturated rings. The number of carbonyl (C=O) groups is 3. The zero-order valence-corrected chi connectivity index (χ0v) is 17.2.